The number of methoxy groups -OCH3 is 1. The molecule has 3 aromatic rings. The van der Waals surface area contributed by atoms with Gasteiger partial charge in [-0.2, -0.15) is 0 Å². The Bertz CT molecular complexity index is 859. The number of ether oxygens (including phenoxy) is 1. The van der Waals surface area contributed by atoms with Crippen molar-refractivity contribution in [3.05, 3.63) is 42.7 Å². The van der Waals surface area contributed by atoms with E-state index in [1.165, 1.54) is 11.8 Å². The van der Waals surface area contributed by atoms with Crippen molar-refractivity contribution in [3.8, 4) is 17.3 Å². The molecule has 0 spiro atoms. The Morgan fingerprint density at radius 2 is 2.08 bits per heavy atom. The summed E-state index contributed by atoms with van der Waals surface area (Å²) in [5, 5.41) is 11.6. The molecule has 1 unspecified atom stereocenters. The molecule has 8 heteroatoms. The molecule has 0 aliphatic carbocycles. The summed E-state index contributed by atoms with van der Waals surface area (Å²) < 4.78 is 12.5. The van der Waals surface area contributed by atoms with E-state index >= 15 is 0 Å². The van der Waals surface area contributed by atoms with Gasteiger partial charge in [0.15, 0.2) is 16.7 Å². The zero-order valence-corrected chi connectivity index (χ0v) is 15.6. The summed E-state index contributed by atoms with van der Waals surface area (Å²) in [5.41, 5.74) is 0.719. The van der Waals surface area contributed by atoms with Gasteiger partial charge in [-0.15, -0.1) is 10.2 Å². The zero-order valence-electron chi connectivity index (χ0n) is 14.8. The number of anilines is 1. The molecule has 0 saturated heterocycles. The number of aromatic nitrogens is 3. The third-order valence-corrected chi connectivity index (χ3v) is 4.86. The summed E-state index contributed by atoms with van der Waals surface area (Å²) in [6.45, 7) is 4.52. The van der Waals surface area contributed by atoms with Crippen LogP contribution in [0.4, 0.5) is 5.69 Å². The average Bonchev–Trinajstić information content (AvgIpc) is 3.31. The van der Waals surface area contributed by atoms with Crippen molar-refractivity contribution in [1.29, 1.82) is 0 Å². The number of hydrogen-bond acceptors (Lipinski definition) is 6. The van der Waals surface area contributed by atoms with Gasteiger partial charge in [-0.1, -0.05) is 11.8 Å². The Hall–Kier alpha value is -2.74. The second-order valence-corrected chi connectivity index (χ2v) is 6.81. The smallest absolute Gasteiger partial charge is 0.237 e. The number of amides is 1. The fourth-order valence-corrected chi connectivity index (χ4v) is 3.29. The molecular weight excluding hydrogens is 352 g/mol. The van der Waals surface area contributed by atoms with Gasteiger partial charge in [-0.05, 0) is 50.2 Å². The van der Waals surface area contributed by atoms with Gasteiger partial charge in [0.2, 0.25) is 5.91 Å². The lowest BCUT2D eigenvalue weighted by Crippen LogP contribution is -2.22. The number of nitrogens with zero attached hydrogens (tertiary/aromatic N) is 3. The molecule has 1 N–H and O–H groups in total. The summed E-state index contributed by atoms with van der Waals surface area (Å²) in [4.78, 5) is 12.5. The first-order chi connectivity index (χ1) is 12.6. The molecule has 7 nitrogen and oxygen atoms in total. The minimum Gasteiger partial charge on any atom is -0.497 e. The van der Waals surface area contributed by atoms with Crippen molar-refractivity contribution in [2.75, 3.05) is 12.4 Å². The molecule has 0 aliphatic rings. The van der Waals surface area contributed by atoms with Crippen LogP contribution in [0.2, 0.25) is 0 Å². The summed E-state index contributed by atoms with van der Waals surface area (Å²) in [7, 11) is 1.60. The van der Waals surface area contributed by atoms with Crippen LogP contribution in [0.25, 0.3) is 11.6 Å². The van der Waals surface area contributed by atoms with Crippen LogP contribution in [0.1, 0.15) is 13.8 Å². The van der Waals surface area contributed by atoms with Gasteiger partial charge in [0.25, 0.3) is 0 Å². The first-order valence-corrected chi connectivity index (χ1v) is 9.09. The number of thioether (sulfide) groups is 1. The van der Waals surface area contributed by atoms with Crippen LogP contribution in [0.3, 0.4) is 0 Å². The number of furan rings is 1. The second kappa shape index (κ2) is 8.09. The molecule has 1 atom stereocenters. The van der Waals surface area contributed by atoms with Crippen molar-refractivity contribution in [2.45, 2.75) is 30.8 Å². The topological polar surface area (TPSA) is 82.2 Å². The maximum Gasteiger partial charge on any atom is 0.237 e. The SMILES string of the molecule is CCn1c(SC(C)C(=O)Nc2ccc(OC)cc2)nnc1-c1ccco1. The fraction of sp³-hybridized carbons (Fsp3) is 0.278. The van der Waals surface area contributed by atoms with E-state index in [4.69, 9.17) is 9.15 Å². The third kappa shape index (κ3) is 3.91. The Labute approximate surface area is 155 Å². The van der Waals surface area contributed by atoms with E-state index in [0.717, 1.165) is 11.4 Å². The molecule has 1 aromatic carbocycles. The summed E-state index contributed by atoms with van der Waals surface area (Å²) >= 11 is 1.36. The molecule has 136 valence electrons. The number of carbonyl (C=O) groups is 1. The van der Waals surface area contributed by atoms with Crippen LogP contribution in [0.5, 0.6) is 5.75 Å². The molecule has 3 rings (SSSR count). The van der Waals surface area contributed by atoms with Gasteiger partial charge in [0, 0.05) is 12.2 Å². The Morgan fingerprint density at radius 1 is 1.31 bits per heavy atom. The summed E-state index contributed by atoms with van der Waals surface area (Å²) in [6.07, 6.45) is 1.60. The van der Waals surface area contributed by atoms with Crippen molar-refractivity contribution < 1.29 is 13.9 Å². The van der Waals surface area contributed by atoms with Crippen LogP contribution in [-0.4, -0.2) is 33.0 Å². The van der Waals surface area contributed by atoms with E-state index in [2.05, 4.69) is 15.5 Å². The van der Waals surface area contributed by atoms with Crippen molar-refractivity contribution in [3.63, 3.8) is 0 Å². The lowest BCUT2D eigenvalue weighted by atomic mass is 10.3. The van der Waals surface area contributed by atoms with Crippen LogP contribution < -0.4 is 10.1 Å². The highest BCUT2D eigenvalue weighted by molar-refractivity contribution is 8.00. The minimum absolute atomic E-state index is 0.106. The number of hydrogen-bond donors (Lipinski definition) is 1. The highest BCUT2D eigenvalue weighted by atomic mass is 32.2. The van der Waals surface area contributed by atoms with E-state index in [-0.39, 0.29) is 11.2 Å². The van der Waals surface area contributed by atoms with E-state index in [9.17, 15) is 4.79 Å². The van der Waals surface area contributed by atoms with Crippen LogP contribution in [0.15, 0.2) is 52.2 Å². The molecular formula is C18H20N4O3S. The molecule has 2 aromatic heterocycles. The molecule has 0 bridgehead atoms. The highest BCUT2D eigenvalue weighted by Crippen LogP contribution is 2.27. The van der Waals surface area contributed by atoms with E-state index in [0.29, 0.717) is 23.3 Å². The average molecular weight is 372 g/mol. The van der Waals surface area contributed by atoms with Gasteiger partial charge in [-0.3, -0.25) is 9.36 Å². The predicted octanol–water partition coefficient (Wildman–Crippen LogP) is 3.69. The molecule has 2 heterocycles. The standard InChI is InChI=1S/C18H20N4O3S/c1-4-22-16(15-6-5-11-25-15)20-21-18(22)26-12(2)17(23)19-13-7-9-14(24-3)10-8-13/h5-12H,4H2,1-3H3,(H,19,23). The van der Waals surface area contributed by atoms with Gasteiger partial charge < -0.3 is 14.5 Å². The molecule has 1 amide bonds. The first kappa shape index (κ1) is 18.1. The summed E-state index contributed by atoms with van der Waals surface area (Å²) in [6, 6.07) is 10.9. The minimum atomic E-state index is -0.337. The van der Waals surface area contributed by atoms with Gasteiger partial charge >= 0.3 is 0 Å². The van der Waals surface area contributed by atoms with Crippen molar-refractivity contribution in [1.82, 2.24) is 14.8 Å². The number of carbonyl (C=O) groups excluding carboxylic acids is 1. The zero-order chi connectivity index (χ0) is 18.5. The molecule has 26 heavy (non-hydrogen) atoms. The molecule has 0 fully saturated rings. The maximum atomic E-state index is 12.5. The van der Waals surface area contributed by atoms with Crippen LogP contribution in [0, 0.1) is 0 Å². The molecule has 0 aliphatic heterocycles. The second-order valence-electron chi connectivity index (χ2n) is 5.51. The Balaban J connectivity index is 1.69. The lowest BCUT2D eigenvalue weighted by molar-refractivity contribution is -0.115. The maximum absolute atomic E-state index is 12.5. The van der Waals surface area contributed by atoms with E-state index in [1.54, 1.807) is 37.6 Å². The third-order valence-electron chi connectivity index (χ3n) is 3.78. The van der Waals surface area contributed by atoms with Crippen molar-refractivity contribution in [2.24, 2.45) is 0 Å². The van der Waals surface area contributed by atoms with Crippen LogP contribution >= 0.6 is 11.8 Å². The number of rotatable bonds is 7. The number of benzene rings is 1. The van der Waals surface area contributed by atoms with Gasteiger partial charge in [0.1, 0.15) is 5.75 Å². The molecule has 0 radical (unpaired) electrons. The normalized spacial score (nSPS) is 12.0. The summed E-state index contributed by atoms with van der Waals surface area (Å²) in [5.74, 6) is 1.95. The fourth-order valence-electron chi connectivity index (χ4n) is 2.38. The highest BCUT2D eigenvalue weighted by Gasteiger charge is 2.21. The largest absolute Gasteiger partial charge is 0.497 e. The van der Waals surface area contributed by atoms with Crippen LogP contribution in [-0.2, 0) is 11.3 Å². The molecule has 0 saturated carbocycles. The van der Waals surface area contributed by atoms with Gasteiger partial charge in [-0.25, -0.2) is 0 Å². The number of nitrogens with one attached hydrogen (secondary N) is 1. The van der Waals surface area contributed by atoms with Crippen molar-refractivity contribution >= 4 is 23.4 Å². The quantitative estimate of drug-likeness (QED) is 0.637. The van der Waals surface area contributed by atoms with E-state index in [1.807, 2.05) is 30.5 Å². The predicted molar refractivity (Wildman–Crippen MR) is 100 cm³/mol. The van der Waals surface area contributed by atoms with Gasteiger partial charge in [0.05, 0.1) is 18.6 Å². The Morgan fingerprint density at radius 3 is 2.69 bits per heavy atom. The monoisotopic (exact) mass is 372 g/mol. The lowest BCUT2D eigenvalue weighted by Gasteiger charge is -2.12. The first-order valence-electron chi connectivity index (χ1n) is 8.21. The van der Waals surface area contributed by atoms with E-state index < -0.39 is 0 Å². The Kier molecular flexibility index (Phi) is 5.62.